The Balaban J connectivity index is 1.59. The van der Waals surface area contributed by atoms with Gasteiger partial charge < -0.3 is 5.32 Å². The maximum absolute atomic E-state index is 4.58. The summed E-state index contributed by atoms with van der Waals surface area (Å²) in [4.78, 5) is 4.58. The molecular weight excluding hydrogens is 172 g/mol. The van der Waals surface area contributed by atoms with E-state index in [9.17, 15) is 0 Å². The van der Waals surface area contributed by atoms with Crippen LogP contribution in [-0.4, -0.2) is 18.4 Å². The highest BCUT2D eigenvalue weighted by Gasteiger charge is 2.39. The molecule has 78 valence electrons. The largest absolute Gasteiger partial charge is 0.371 e. The van der Waals surface area contributed by atoms with Gasteiger partial charge in [0.05, 0.1) is 5.84 Å². The van der Waals surface area contributed by atoms with Crippen LogP contribution in [0.25, 0.3) is 0 Å². The van der Waals surface area contributed by atoms with Crippen LogP contribution < -0.4 is 5.32 Å². The SMILES string of the molecule is C1CCC(NC2CC3CCC2C3)=NC1. The molecule has 2 fully saturated rings. The Morgan fingerprint density at radius 2 is 2.14 bits per heavy atom. The Morgan fingerprint density at radius 3 is 2.79 bits per heavy atom. The molecule has 0 aromatic carbocycles. The Labute approximate surface area is 86.2 Å². The lowest BCUT2D eigenvalue weighted by Crippen LogP contribution is -2.39. The minimum absolute atomic E-state index is 0.783. The molecule has 2 nitrogen and oxygen atoms in total. The second-order valence-electron chi connectivity index (χ2n) is 5.21. The highest BCUT2D eigenvalue weighted by molar-refractivity contribution is 5.83. The lowest BCUT2D eigenvalue weighted by atomic mass is 9.95. The molecule has 3 aliphatic rings. The third-order valence-corrected chi connectivity index (χ3v) is 4.21. The van der Waals surface area contributed by atoms with Gasteiger partial charge in [-0.15, -0.1) is 0 Å². The van der Waals surface area contributed by atoms with E-state index < -0.39 is 0 Å². The summed E-state index contributed by atoms with van der Waals surface area (Å²) in [5, 5.41) is 3.70. The maximum Gasteiger partial charge on any atom is 0.0965 e. The van der Waals surface area contributed by atoms with E-state index in [0.29, 0.717) is 0 Å². The Morgan fingerprint density at radius 1 is 1.14 bits per heavy atom. The summed E-state index contributed by atoms with van der Waals surface area (Å²) in [6.45, 7) is 1.06. The van der Waals surface area contributed by atoms with Crippen LogP contribution in [-0.2, 0) is 0 Å². The first-order valence-electron chi connectivity index (χ1n) is 6.21. The summed E-state index contributed by atoms with van der Waals surface area (Å²) < 4.78 is 0. The van der Waals surface area contributed by atoms with Gasteiger partial charge >= 0.3 is 0 Å². The zero-order chi connectivity index (χ0) is 9.38. The molecule has 1 heterocycles. The van der Waals surface area contributed by atoms with Crippen LogP contribution in [0.1, 0.15) is 44.9 Å². The molecule has 1 N–H and O–H groups in total. The Kier molecular flexibility index (Phi) is 2.22. The van der Waals surface area contributed by atoms with Gasteiger partial charge in [0.15, 0.2) is 0 Å². The quantitative estimate of drug-likeness (QED) is 0.677. The second kappa shape index (κ2) is 3.56. The van der Waals surface area contributed by atoms with E-state index in [2.05, 4.69) is 10.3 Å². The Bertz CT molecular complexity index is 247. The van der Waals surface area contributed by atoms with Crippen molar-refractivity contribution in [1.29, 1.82) is 0 Å². The lowest BCUT2D eigenvalue weighted by Gasteiger charge is -2.26. The summed E-state index contributed by atoms with van der Waals surface area (Å²) in [7, 11) is 0. The Hall–Kier alpha value is -0.530. The van der Waals surface area contributed by atoms with Gasteiger partial charge in [-0.05, 0) is 43.9 Å². The molecule has 0 saturated heterocycles. The van der Waals surface area contributed by atoms with Crippen molar-refractivity contribution in [3.05, 3.63) is 0 Å². The van der Waals surface area contributed by atoms with E-state index in [1.165, 1.54) is 50.8 Å². The number of hydrogen-bond donors (Lipinski definition) is 1. The van der Waals surface area contributed by atoms with Gasteiger partial charge in [0.1, 0.15) is 0 Å². The van der Waals surface area contributed by atoms with E-state index in [4.69, 9.17) is 0 Å². The first kappa shape index (κ1) is 8.75. The van der Waals surface area contributed by atoms with Crippen molar-refractivity contribution in [3.8, 4) is 0 Å². The molecule has 2 bridgehead atoms. The molecular formula is C12H20N2. The van der Waals surface area contributed by atoms with Crippen molar-refractivity contribution in [2.24, 2.45) is 16.8 Å². The first-order chi connectivity index (χ1) is 6.92. The van der Waals surface area contributed by atoms with Gasteiger partial charge in [-0.25, -0.2) is 0 Å². The molecule has 0 radical (unpaired) electrons. The van der Waals surface area contributed by atoms with Crippen LogP contribution in [0.3, 0.4) is 0 Å². The fraction of sp³-hybridized carbons (Fsp3) is 0.917. The molecule has 0 aromatic heterocycles. The van der Waals surface area contributed by atoms with Gasteiger partial charge in [0.2, 0.25) is 0 Å². The predicted molar refractivity (Wildman–Crippen MR) is 58.5 cm³/mol. The van der Waals surface area contributed by atoms with E-state index in [1.807, 2.05) is 0 Å². The highest BCUT2D eigenvalue weighted by atomic mass is 15.0. The second-order valence-corrected chi connectivity index (χ2v) is 5.21. The van der Waals surface area contributed by atoms with Crippen molar-refractivity contribution in [3.63, 3.8) is 0 Å². The molecule has 14 heavy (non-hydrogen) atoms. The maximum atomic E-state index is 4.58. The van der Waals surface area contributed by atoms with Crippen LogP contribution in [0.2, 0.25) is 0 Å². The molecule has 0 aromatic rings. The molecule has 2 aliphatic carbocycles. The predicted octanol–water partition coefficient (Wildman–Crippen LogP) is 2.35. The standard InChI is InChI=1S/C12H20N2/c1-2-6-13-12(3-1)14-11-8-9-4-5-10(11)7-9/h9-11H,1-8H2,(H,13,14). The van der Waals surface area contributed by atoms with Gasteiger partial charge in [-0.1, -0.05) is 6.42 Å². The number of nitrogens with one attached hydrogen (secondary N) is 1. The molecule has 2 saturated carbocycles. The molecule has 0 amide bonds. The van der Waals surface area contributed by atoms with Crippen LogP contribution in [0, 0.1) is 11.8 Å². The van der Waals surface area contributed by atoms with Crippen molar-refractivity contribution < 1.29 is 0 Å². The molecule has 1 aliphatic heterocycles. The minimum atomic E-state index is 0.783. The van der Waals surface area contributed by atoms with Crippen LogP contribution >= 0.6 is 0 Å². The fourth-order valence-corrected chi connectivity index (χ4v) is 3.45. The topological polar surface area (TPSA) is 24.4 Å². The molecule has 0 spiro atoms. The number of nitrogens with zero attached hydrogens (tertiary/aromatic N) is 1. The summed E-state index contributed by atoms with van der Waals surface area (Å²) in [5.41, 5.74) is 0. The van der Waals surface area contributed by atoms with Crippen LogP contribution in [0.15, 0.2) is 4.99 Å². The highest BCUT2D eigenvalue weighted by Crippen LogP contribution is 2.44. The smallest absolute Gasteiger partial charge is 0.0965 e. The summed E-state index contributed by atoms with van der Waals surface area (Å²) in [6, 6.07) is 0.783. The number of rotatable bonds is 1. The summed E-state index contributed by atoms with van der Waals surface area (Å²) in [6.07, 6.45) is 9.71. The number of amidine groups is 1. The third-order valence-electron chi connectivity index (χ3n) is 4.21. The van der Waals surface area contributed by atoms with E-state index in [-0.39, 0.29) is 0 Å². The van der Waals surface area contributed by atoms with Gasteiger partial charge in [0, 0.05) is 19.0 Å². The first-order valence-corrected chi connectivity index (χ1v) is 6.21. The van der Waals surface area contributed by atoms with Crippen molar-refractivity contribution in [1.82, 2.24) is 5.32 Å². The van der Waals surface area contributed by atoms with E-state index >= 15 is 0 Å². The average molecular weight is 192 g/mol. The van der Waals surface area contributed by atoms with Crippen LogP contribution in [0.5, 0.6) is 0 Å². The summed E-state index contributed by atoms with van der Waals surface area (Å²) >= 11 is 0. The molecule has 3 atom stereocenters. The van der Waals surface area contributed by atoms with E-state index in [1.54, 1.807) is 0 Å². The number of aliphatic imine (C=N–C) groups is 1. The fourth-order valence-electron chi connectivity index (χ4n) is 3.45. The van der Waals surface area contributed by atoms with Gasteiger partial charge in [-0.2, -0.15) is 0 Å². The zero-order valence-corrected chi connectivity index (χ0v) is 8.84. The third kappa shape index (κ3) is 1.55. The van der Waals surface area contributed by atoms with Crippen LogP contribution in [0.4, 0.5) is 0 Å². The number of hydrogen-bond acceptors (Lipinski definition) is 2. The van der Waals surface area contributed by atoms with Crippen molar-refractivity contribution >= 4 is 5.84 Å². The normalized spacial score (nSPS) is 41.1. The molecule has 2 heteroatoms. The lowest BCUT2D eigenvalue weighted by molar-refractivity contribution is 0.387. The van der Waals surface area contributed by atoms with Crippen molar-refractivity contribution in [2.45, 2.75) is 51.0 Å². The zero-order valence-electron chi connectivity index (χ0n) is 8.84. The average Bonchev–Trinajstić information content (AvgIpc) is 2.81. The van der Waals surface area contributed by atoms with Gasteiger partial charge in [0.25, 0.3) is 0 Å². The van der Waals surface area contributed by atoms with E-state index in [0.717, 1.165) is 24.4 Å². The summed E-state index contributed by atoms with van der Waals surface area (Å²) in [5.74, 6) is 3.33. The van der Waals surface area contributed by atoms with Gasteiger partial charge in [-0.3, -0.25) is 4.99 Å². The molecule has 3 unspecified atom stereocenters. The van der Waals surface area contributed by atoms with Crippen molar-refractivity contribution in [2.75, 3.05) is 6.54 Å². The monoisotopic (exact) mass is 192 g/mol. The number of fused-ring (bicyclic) bond motifs is 2. The minimum Gasteiger partial charge on any atom is -0.371 e. The molecule has 3 rings (SSSR count).